The first-order valence-corrected chi connectivity index (χ1v) is 11.2. The molecule has 1 aliphatic rings. The summed E-state index contributed by atoms with van der Waals surface area (Å²) in [5.74, 6) is -0.141. The van der Waals surface area contributed by atoms with Gasteiger partial charge in [0.15, 0.2) is 5.09 Å². The van der Waals surface area contributed by atoms with Gasteiger partial charge in [-0.05, 0) is 49.2 Å². The van der Waals surface area contributed by atoms with Crippen molar-refractivity contribution >= 4 is 56.9 Å². The van der Waals surface area contributed by atoms with Gasteiger partial charge in [0.05, 0.1) is 0 Å². The second-order valence-electron chi connectivity index (χ2n) is 6.42. The average Bonchev–Trinajstić information content (AvgIpc) is 3.50. The molecule has 1 aliphatic heterocycles. The van der Waals surface area contributed by atoms with E-state index in [1.165, 1.54) is 29.2 Å². The average molecular weight is 458 g/mol. The first kappa shape index (κ1) is 20.5. The lowest BCUT2D eigenvalue weighted by Crippen LogP contribution is -2.17. The quantitative estimate of drug-likeness (QED) is 0.407. The van der Waals surface area contributed by atoms with Gasteiger partial charge in [-0.2, -0.15) is 5.26 Å². The molecule has 152 valence electrons. The number of rotatable bonds is 6. The number of benzene rings is 1. The maximum Gasteiger partial charge on any atom is 0.268 e. The van der Waals surface area contributed by atoms with Gasteiger partial charge in [0, 0.05) is 29.1 Å². The minimum atomic E-state index is -0.551. The van der Waals surface area contributed by atoms with Gasteiger partial charge in [-0.15, -0.1) is 10.2 Å². The van der Waals surface area contributed by atoms with Crippen LogP contribution >= 0.6 is 34.7 Å². The molecular weight excluding hydrogens is 442 g/mol. The first-order chi connectivity index (χ1) is 14.6. The van der Waals surface area contributed by atoms with Gasteiger partial charge in [-0.3, -0.25) is 10.1 Å². The molecule has 0 spiro atoms. The number of carbonyl (C=O) groups excluding carboxylic acids is 1. The molecular formula is C20H16ClN5O2S2. The van der Waals surface area contributed by atoms with Crippen LogP contribution in [0.5, 0.6) is 0 Å². The highest BCUT2D eigenvalue weighted by atomic mass is 35.5. The molecule has 0 bridgehead atoms. The lowest BCUT2D eigenvalue weighted by Gasteiger charge is -2.10. The monoisotopic (exact) mass is 457 g/mol. The number of nitriles is 1. The second kappa shape index (κ2) is 9.34. The normalized spacial score (nSPS) is 14.0. The molecule has 2 aromatic heterocycles. The molecule has 0 unspecified atom stereocenters. The molecule has 1 amide bonds. The van der Waals surface area contributed by atoms with Crippen LogP contribution in [0, 0.1) is 11.3 Å². The van der Waals surface area contributed by atoms with Gasteiger partial charge in [0.2, 0.25) is 10.3 Å². The van der Waals surface area contributed by atoms with E-state index in [9.17, 15) is 10.1 Å². The van der Waals surface area contributed by atoms with Crippen LogP contribution in [-0.2, 0) is 4.79 Å². The van der Waals surface area contributed by atoms with Gasteiger partial charge in [0.25, 0.3) is 5.91 Å². The fourth-order valence-electron chi connectivity index (χ4n) is 2.84. The molecule has 10 heteroatoms. The van der Waals surface area contributed by atoms with Gasteiger partial charge in [0.1, 0.15) is 17.4 Å². The van der Waals surface area contributed by atoms with E-state index in [-0.39, 0.29) is 5.57 Å². The fourth-order valence-corrected chi connectivity index (χ4v) is 4.54. The van der Waals surface area contributed by atoms with Crippen molar-refractivity contribution in [2.24, 2.45) is 0 Å². The van der Waals surface area contributed by atoms with Gasteiger partial charge in [-0.1, -0.05) is 34.7 Å². The standard InChI is InChI=1S/C20H16ClN5O2S2/c21-14-3-6-16(7-4-14)29-17-8-5-15(28-17)11-13(12-22)18(27)23-19-24-25-20(30-19)26-9-1-2-10-26/h3-8,11H,1-2,9-10H2,(H,23,24,27)/b13-11-. The van der Waals surface area contributed by atoms with Crippen molar-refractivity contribution in [2.45, 2.75) is 22.8 Å². The predicted octanol–water partition coefficient (Wildman–Crippen LogP) is 5.08. The third-order valence-electron chi connectivity index (χ3n) is 4.30. The van der Waals surface area contributed by atoms with Crippen LogP contribution in [0.2, 0.25) is 5.02 Å². The van der Waals surface area contributed by atoms with Crippen molar-refractivity contribution in [1.82, 2.24) is 10.2 Å². The number of furan rings is 1. The molecule has 0 radical (unpaired) electrons. The Labute approximate surface area is 186 Å². The molecule has 1 fully saturated rings. The smallest absolute Gasteiger partial charge is 0.268 e. The SMILES string of the molecule is N#C/C(=C/c1ccc(Sc2ccc(Cl)cc2)o1)C(=O)Nc1nnc(N2CCCC2)s1. The topological polar surface area (TPSA) is 95.0 Å². The van der Waals surface area contributed by atoms with Gasteiger partial charge >= 0.3 is 0 Å². The summed E-state index contributed by atoms with van der Waals surface area (Å²) in [6, 6.07) is 12.8. The molecule has 30 heavy (non-hydrogen) atoms. The van der Waals surface area contributed by atoms with Crippen LogP contribution < -0.4 is 10.2 Å². The minimum Gasteiger partial charge on any atom is -0.450 e. The van der Waals surface area contributed by atoms with Crippen LogP contribution in [0.3, 0.4) is 0 Å². The summed E-state index contributed by atoms with van der Waals surface area (Å²) >= 11 is 8.61. The summed E-state index contributed by atoms with van der Waals surface area (Å²) in [7, 11) is 0. The summed E-state index contributed by atoms with van der Waals surface area (Å²) in [4.78, 5) is 15.6. The number of amides is 1. The molecule has 7 nitrogen and oxygen atoms in total. The number of halogens is 1. The second-order valence-corrected chi connectivity index (χ2v) is 8.89. The number of nitrogens with one attached hydrogen (secondary N) is 1. The highest BCUT2D eigenvalue weighted by molar-refractivity contribution is 7.99. The van der Waals surface area contributed by atoms with Crippen molar-refractivity contribution in [3.8, 4) is 6.07 Å². The number of hydrogen-bond donors (Lipinski definition) is 1. The summed E-state index contributed by atoms with van der Waals surface area (Å²) < 4.78 is 5.71. The summed E-state index contributed by atoms with van der Waals surface area (Å²) in [6.45, 7) is 1.89. The van der Waals surface area contributed by atoms with Crippen molar-refractivity contribution < 1.29 is 9.21 Å². The molecule has 0 atom stereocenters. The predicted molar refractivity (Wildman–Crippen MR) is 118 cm³/mol. The Morgan fingerprint density at radius 2 is 2.00 bits per heavy atom. The molecule has 4 rings (SSSR count). The Balaban J connectivity index is 1.41. The highest BCUT2D eigenvalue weighted by Gasteiger charge is 2.19. The summed E-state index contributed by atoms with van der Waals surface area (Å²) in [5, 5.41) is 22.6. The lowest BCUT2D eigenvalue weighted by molar-refractivity contribution is -0.112. The Bertz CT molecular complexity index is 1110. The molecule has 3 aromatic rings. The molecule has 1 N–H and O–H groups in total. The van der Waals surface area contributed by atoms with E-state index >= 15 is 0 Å². The van der Waals surface area contributed by atoms with E-state index in [0.29, 0.717) is 21.0 Å². The van der Waals surface area contributed by atoms with Crippen molar-refractivity contribution in [1.29, 1.82) is 5.26 Å². The van der Waals surface area contributed by atoms with Crippen LogP contribution in [0.15, 0.2) is 56.4 Å². The van der Waals surface area contributed by atoms with Gasteiger partial charge < -0.3 is 9.32 Å². The molecule has 1 aromatic carbocycles. The summed E-state index contributed by atoms with van der Waals surface area (Å²) in [5.41, 5.74) is -0.0784. The van der Waals surface area contributed by atoms with E-state index in [1.807, 2.05) is 18.2 Å². The third kappa shape index (κ3) is 5.02. The number of carbonyl (C=O) groups is 1. The van der Waals surface area contributed by atoms with E-state index in [4.69, 9.17) is 16.0 Å². The minimum absolute atomic E-state index is 0.0784. The van der Waals surface area contributed by atoms with Crippen LogP contribution in [0.4, 0.5) is 10.3 Å². The first-order valence-electron chi connectivity index (χ1n) is 9.15. The Morgan fingerprint density at radius 1 is 1.23 bits per heavy atom. The lowest BCUT2D eigenvalue weighted by atomic mass is 10.2. The van der Waals surface area contributed by atoms with E-state index < -0.39 is 5.91 Å². The Kier molecular flexibility index (Phi) is 6.38. The molecule has 3 heterocycles. The van der Waals surface area contributed by atoms with Crippen molar-refractivity contribution in [3.05, 3.63) is 52.8 Å². The van der Waals surface area contributed by atoms with E-state index in [0.717, 1.165) is 36.0 Å². The Morgan fingerprint density at radius 3 is 2.73 bits per heavy atom. The van der Waals surface area contributed by atoms with Crippen LogP contribution in [0.25, 0.3) is 6.08 Å². The molecule has 0 aliphatic carbocycles. The zero-order valence-electron chi connectivity index (χ0n) is 15.7. The van der Waals surface area contributed by atoms with Crippen molar-refractivity contribution in [3.63, 3.8) is 0 Å². The van der Waals surface area contributed by atoms with Crippen molar-refractivity contribution in [2.75, 3.05) is 23.3 Å². The molecule has 0 saturated carbocycles. The van der Waals surface area contributed by atoms with Gasteiger partial charge in [-0.25, -0.2) is 0 Å². The number of aromatic nitrogens is 2. The van der Waals surface area contributed by atoms with Crippen LogP contribution in [-0.4, -0.2) is 29.2 Å². The zero-order chi connectivity index (χ0) is 20.9. The number of nitrogens with zero attached hydrogens (tertiary/aromatic N) is 4. The fraction of sp³-hybridized carbons (Fsp3) is 0.200. The molecule has 1 saturated heterocycles. The Hall–Kier alpha value is -2.80. The number of hydrogen-bond acceptors (Lipinski definition) is 8. The zero-order valence-corrected chi connectivity index (χ0v) is 18.1. The maximum atomic E-state index is 12.5. The van der Waals surface area contributed by atoms with E-state index in [1.54, 1.807) is 24.3 Å². The van der Waals surface area contributed by atoms with E-state index in [2.05, 4.69) is 20.4 Å². The third-order valence-corrected chi connectivity index (χ3v) is 6.38. The maximum absolute atomic E-state index is 12.5. The summed E-state index contributed by atoms with van der Waals surface area (Å²) in [6.07, 6.45) is 3.66. The largest absolute Gasteiger partial charge is 0.450 e. The highest BCUT2D eigenvalue weighted by Crippen LogP contribution is 2.31. The number of anilines is 2. The van der Waals surface area contributed by atoms with Crippen LogP contribution in [0.1, 0.15) is 18.6 Å².